The summed E-state index contributed by atoms with van der Waals surface area (Å²) < 4.78 is 6.13. The van der Waals surface area contributed by atoms with Gasteiger partial charge in [0.25, 0.3) is 0 Å². The molecule has 0 atom stereocenters. The first kappa shape index (κ1) is 14.7. The Morgan fingerprint density at radius 1 is 1.35 bits per heavy atom. The van der Waals surface area contributed by atoms with Crippen molar-refractivity contribution in [1.29, 1.82) is 0 Å². The van der Waals surface area contributed by atoms with Crippen LogP contribution in [0.15, 0.2) is 41.8 Å². The zero-order valence-corrected chi connectivity index (χ0v) is 11.9. The Hall–Kier alpha value is -1.70. The van der Waals surface area contributed by atoms with Gasteiger partial charge in [-0.15, -0.1) is 5.10 Å². The summed E-state index contributed by atoms with van der Waals surface area (Å²) in [5, 5.41) is 4.49. The van der Waals surface area contributed by atoms with Gasteiger partial charge in [0.1, 0.15) is 24.9 Å². The topological polar surface area (TPSA) is 66.2 Å². The second-order valence-corrected chi connectivity index (χ2v) is 4.73. The number of hydrogen-bond acceptors (Lipinski definition) is 6. The van der Waals surface area contributed by atoms with Gasteiger partial charge in [-0.05, 0) is 12.0 Å². The van der Waals surface area contributed by atoms with E-state index in [2.05, 4.69) is 19.3 Å². The second-order valence-electron chi connectivity index (χ2n) is 4.07. The molecule has 0 radical (unpaired) electrons. The first-order valence-corrected chi connectivity index (χ1v) is 6.84. The Balaban J connectivity index is 1.78. The number of aromatic nitrogens is 3. The number of rotatable bonds is 8. The van der Waals surface area contributed by atoms with E-state index in [0.717, 1.165) is 24.0 Å². The van der Waals surface area contributed by atoms with E-state index in [1.165, 1.54) is 18.1 Å². The molecule has 1 heterocycles. The second kappa shape index (κ2) is 7.78. The number of Topliss-reactive ketones (excluding diaryl/α,β-unsaturated/α-hetero) is 1. The van der Waals surface area contributed by atoms with Crippen molar-refractivity contribution in [2.75, 3.05) is 7.11 Å². The highest BCUT2D eigenvalue weighted by Gasteiger charge is 2.07. The van der Waals surface area contributed by atoms with Crippen molar-refractivity contribution < 1.29 is 14.0 Å². The lowest BCUT2D eigenvalue weighted by Gasteiger charge is -2.01. The quantitative estimate of drug-likeness (QED) is 0.422. The van der Waals surface area contributed by atoms with Crippen LogP contribution in [0.2, 0.25) is 0 Å². The molecule has 106 valence electrons. The SMILES string of the molecule is COOSc1ncn(CC(=O)CCc2ccccc2)n1. The van der Waals surface area contributed by atoms with E-state index in [1.807, 2.05) is 30.3 Å². The molecule has 1 aromatic carbocycles. The highest BCUT2D eigenvalue weighted by Crippen LogP contribution is 2.12. The van der Waals surface area contributed by atoms with E-state index in [-0.39, 0.29) is 12.3 Å². The molecule has 6 nitrogen and oxygen atoms in total. The summed E-state index contributed by atoms with van der Waals surface area (Å²) >= 11 is 0.902. The van der Waals surface area contributed by atoms with Crippen LogP contribution in [0.5, 0.6) is 0 Å². The fourth-order valence-corrected chi connectivity index (χ4v) is 2.00. The zero-order valence-electron chi connectivity index (χ0n) is 11.1. The predicted molar refractivity (Wildman–Crippen MR) is 73.7 cm³/mol. The molecule has 0 amide bonds. The van der Waals surface area contributed by atoms with Crippen molar-refractivity contribution >= 4 is 17.8 Å². The Kier molecular flexibility index (Phi) is 5.72. The van der Waals surface area contributed by atoms with Gasteiger partial charge in [-0.25, -0.2) is 14.6 Å². The summed E-state index contributed by atoms with van der Waals surface area (Å²) in [5.41, 5.74) is 1.16. The van der Waals surface area contributed by atoms with Crippen LogP contribution in [0.3, 0.4) is 0 Å². The molecule has 0 saturated heterocycles. The van der Waals surface area contributed by atoms with Crippen LogP contribution in [0, 0.1) is 0 Å². The number of hydrogen-bond donors (Lipinski definition) is 0. The molecule has 0 spiro atoms. The highest BCUT2D eigenvalue weighted by molar-refractivity contribution is 7.94. The monoisotopic (exact) mass is 293 g/mol. The summed E-state index contributed by atoms with van der Waals surface area (Å²) in [6.45, 7) is 0.216. The minimum absolute atomic E-state index is 0.114. The zero-order chi connectivity index (χ0) is 14.2. The smallest absolute Gasteiger partial charge is 0.238 e. The van der Waals surface area contributed by atoms with Gasteiger partial charge in [0.05, 0.1) is 7.11 Å². The molecule has 1 aromatic heterocycles. The Labute approximate surface area is 121 Å². The summed E-state index contributed by atoms with van der Waals surface area (Å²) in [4.78, 5) is 20.3. The van der Waals surface area contributed by atoms with Crippen molar-refractivity contribution in [2.45, 2.75) is 24.5 Å². The molecular weight excluding hydrogens is 278 g/mol. The standard InChI is InChI=1S/C13H15N3O3S/c1-18-19-20-13-14-10-16(15-13)9-12(17)8-7-11-5-3-2-4-6-11/h2-6,10H,7-9H2,1H3. The van der Waals surface area contributed by atoms with Crippen molar-refractivity contribution in [2.24, 2.45) is 0 Å². The molecule has 0 aliphatic carbocycles. The predicted octanol–water partition coefficient (Wildman–Crippen LogP) is 2.07. The maximum atomic E-state index is 11.9. The maximum Gasteiger partial charge on any atom is 0.238 e. The van der Waals surface area contributed by atoms with Crippen LogP contribution in [-0.2, 0) is 27.0 Å². The van der Waals surface area contributed by atoms with Crippen LogP contribution in [0.25, 0.3) is 0 Å². The fourth-order valence-electron chi connectivity index (χ4n) is 1.64. The van der Waals surface area contributed by atoms with Crippen LogP contribution in [0.1, 0.15) is 12.0 Å². The third-order valence-electron chi connectivity index (χ3n) is 2.57. The van der Waals surface area contributed by atoms with Crippen LogP contribution in [0.4, 0.5) is 0 Å². The molecule has 0 unspecified atom stereocenters. The van der Waals surface area contributed by atoms with Gasteiger partial charge in [-0.2, -0.15) is 4.33 Å². The molecule has 0 N–H and O–H groups in total. The molecule has 2 aromatic rings. The van der Waals surface area contributed by atoms with Gasteiger partial charge in [-0.1, -0.05) is 30.3 Å². The molecule has 0 aliphatic heterocycles. The van der Waals surface area contributed by atoms with Gasteiger partial charge in [0.2, 0.25) is 5.16 Å². The van der Waals surface area contributed by atoms with Crippen molar-refractivity contribution in [3.63, 3.8) is 0 Å². The molecular formula is C13H15N3O3S. The first-order chi connectivity index (χ1) is 9.78. The van der Waals surface area contributed by atoms with E-state index in [9.17, 15) is 4.79 Å². The lowest BCUT2D eigenvalue weighted by Crippen LogP contribution is -2.11. The number of ketones is 1. The highest BCUT2D eigenvalue weighted by atomic mass is 32.2. The van der Waals surface area contributed by atoms with Crippen LogP contribution < -0.4 is 0 Å². The largest absolute Gasteiger partial charge is 0.298 e. The van der Waals surface area contributed by atoms with Gasteiger partial charge in [0, 0.05) is 6.42 Å². The van der Waals surface area contributed by atoms with E-state index in [4.69, 9.17) is 0 Å². The Morgan fingerprint density at radius 2 is 2.15 bits per heavy atom. The number of benzene rings is 1. The summed E-state index contributed by atoms with van der Waals surface area (Å²) in [7, 11) is 1.40. The van der Waals surface area contributed by atoms with Gasteiger partial charge < -0.3 is 0 Å². The van der Waals surface area contributed by atoms with Gasteiger partial charge in [0.15, 0.2) is 5.78 Å². The minimum atomic E-state index is 0.114. The Morgan fingerprint density at radius 3 is 2.90 bits per heavy atom. The van der Waals surface area contributed by atoms with E-state index < -0.39 is 0 Å². The lowest BCUT2D eigenvalue weighted by atomic mass is 10.1. The molecule has 0 bridgehead atoms. The van der Waals surface area contributed by atoms with Crippen molar-refractivity contribution in [1.82, 2.24) is 14.8 Å². The van der Waals surface area contributed by atoms with Crippen LogP contribution >= 0.6 is 12.0 Å². The van der Waals surface area contributed by atoms with Crippen LogP contribution in [-0.4, -0.2) is 27.7 Å². The maximum absolute atomic E-state index is 11.9. The molecule has 0 aliphatic rings. The number of nitrogens with zero attached hydrogens (tertiary/aromatic N) is 3. The van der Waals surface area contributed by atoms with E-state index in [0.29, 0.717) is 11.6 Å². The minimum Gasteiger partial charge on any atom is -0.298 e. The fraction of sp³-hybridized carbons (Fsp3) is 0.308. The van der Waals surface area contributed by atoms with Gasteiger partial charge in [-0.3, -0.25) is 4.79 Å². The first-order valence-electron chi connectivity index (χ1n) is 6.10. The summed E-state index contributed by atoms with van der Waals surface area (Å²) in [6, 6.07) is 9.92. The van der Waals surface area contributed by atoms with Gasteiger partial charge >= 0.3 is 0 Å². The number of carbonyl (C=O) groups is 1. The third kappa shape index (κ3) is 4.76. The summed E-state index contributed by atoms with van der Waals surface area (Å²) in [6.07, 6.45) is 2.73. The number of aryl methyl sites for hydroxylation is 1. The molecule has 20 heavy (non-hydrogen) atoms. The third-order valence-corrected chi connectivity index (χ3v) is 3.11. The van der Waals surface area contributed by atoms with E-state index >= 15 is 0 Å². The lowest BCUT2D eigenvalue weighted by molar-refractivity contribution is -0.160. The molecule has 0 fully saturated rings. The van der Waals surface area contributed by atoms with Crippen molar-refractivity contribution in [3.8, 4) is 0 Å². The molecule has 2 rings (SSSR count). The number of carbonyl (C=O) groups excluding carboxylic acids is 1. The normalized spacial score (nSPS) is 10.7. The Bertz CT molecular complexity index is 545. The summed E-state index contributed by atoms with van der Waals surface area (Å²) in [5.74, 6) is 0.114. The average Bonchev–Trinajstić information content (AvgIpc) is 2.91. The average molecular weight is 293 g/mol. The van der Waals surface area contributed by atoms with E-state index in [1.54, 1.807) is 0 Å². The van der Waals surface area contributed by atoms with Crippen molar-refractivity contribution in [3.05, 3.63) is 42.2 Å². The molecule has 0 saturated carbocycles. The molecule has 7 heteroatoms.